The van der Waals surface area contributed by atoms with Crippen molar-refractivity contribution in [1.29, 1.82) is 0 Å². The lowest BCUT2D eigenvalue weighted by Gasteiger charge is -2.20. The standard InChI is InChI=1S/C12H18F2N2/c1-8(2)9(6-15)7-16-12-5-10(13)3-4-11(12)14/h3-5,8-9,16H,6-7,15H2,1-2H3. The van der Waals surface area contributed by atoms with Crippen LogP contribution in [0.4, 0.5) is 14.5 Å². The second-order valence-electron chi connectivity index (χ2n) is 4.24. The third-order valence-electron chi connectivity index (χ3n) is 2.73. The van der Waals surface area contributed by atoms with Gasteiger partial charge in [0.2, 0.25) is 0 Å². The van der Waals surface area contributed by atoms with Crippen molar-refractivity contribution >= 4 is 5.69 Å². The number of anilines is 1. The van der Waals surface area contributed by atoms with Crippen molar-refractivity contribution in [2.75, 3.05) is 18.4 Å². The van der Waals surface area contributed by atoms with Gasteiger partial charge < -0.3 is 11.1 Å². The molecule has 16 heavy (non-hydrogen) atoms. The van der Waals surface area contributed by atoms with Gasteiger partial charge in [-0.2, -0.15) is 0 Å². The highest BCUT2D eigenvalue weighted by atomic mass is 19.1. The molecule has 2 nitrogen and oxygen atoms in total. The van der Waals surface area contributed by atoms with Gasteiger partial charge in [-0.15, -0.1) is 0 Å². The minimum atomic E-state index is -0.447. The number of halogens is 2. The molecular formula is C12H18F2N2. The fraction of sp³-hybridized carbons (Fsp3) is 0.500. The molecule has 0 saturated carbocycles. The van der Waals surface area contributed by atoms with Crippen molar-refractivity contribution in [2.45, 2.75) is 13.8 Å². The molecule has 90 valence electrons. The van der Waals surface area contributed by atoms with Crippen LogP contribution < -0.4 is 11.1 Å². The van der Waals surface area contributed by atoms with E-state index in [1.54, 1.807) is 0 Å². The average Bonchev–Trinajstić information content (AvgIpc) is 2.23. The highest BCUT2D eigenvalue weighted by molar-refractivity contribution is 5.44. The maximum atomic E-state index is 13.3. The van der Waals surface area contributed by atoms with Gasteiger partial charge in [0.15, 0.2) is 0 Å². The van der Waals surface area contributed by atoms with Crippen LogP contribution in [0, 0.1) is 23.5 Å². The molecule has 1 aromatic carbocycles. The molecule has 1 aromatic rings. The molecule has 1 atom stereocenters. The lowest BCUT2D eigenvalue weighted by atomic mass is 9.96. The molecule has 4 heteroatoms. The van der Waals surface area contributed by atoms with E-state index in [0.717, 1.165) is 18.2 Å². The summed E-state index contributed by atoms with van der Waals surface area (Å²) in [6, 6.07) is 3.37. The van der Waals surface area contributed by atoms with Crippen LogP contribution in [0.15, 0.2) is 18.2 Å². The molecule has 0 aliphatic heterocycles. The van der Waals surface area contributed by atoms with Gasteiger partial charge in [-0.05, 0) is 36.6 Å². The number of nitrogens with two attached hydrogens (primary N) is 1. The molecular weight excluding hydrogens is 210 g/mol. The van der Waals surface area contributed by atoms with Gasteiger partial charge in [0.1, 0.15) is 11.6 Å². The van der Waals surface area contributed by atoms with Crippen molar-refractivity contribution in [3.05, 3.63) is 29.8 Å². The molecule has 1 rings (SSSR count). The van der Waals surface area contributed by atoms with Gasteiger partial charge in [0, 0.05) is 6.54 Å². The van der Waals surface area contributed by atoms with Gasteiger partial charge in [0.05, 0.1) is 5.69 Å². The first-order valence-corrected chi connectivity index (χ1v) is 5.43. The van der Waals surface area contributed by atoms with Crippen molar-refractivity contribution < 1.29 is 8.78 Å². The van der Waals surface area contributed by atoms with E-state index in [0.29, 0.717) is 19.0 Å². The number of nitrogens with one attached hydrogen (secondary N) is 1. The summed E-state index contributed by atoms with van der Waals surface area (Å²) in [4.78, 5) is 0. The van der Waals surface area contributed by atoms with Crippen LogP contribution in [-0.2, 0) is 0 Å². The summed E-state index contributed by atoms with van der Waals surface area (Å²) in [5.41, 5.74) is 5.79. The van der Waals surface area contributed by atoms with Crippen molar-refractivity contribution in [3.63, 3.8) is 0 Å². The molecule has 0 aromatic heterocycles. The lowest BCUT2D eigenvalue weighted by Crippen LogP contribution is -2.27. The van der Waals surface area contributed by atoms with E-state index in [1.807, 2.05) is 0 Å². The molecule has 0 aliphatic carbocycles. The van der Waals surface area contributed by atoms with E-state index < -0.39 is 11.6 Å². The van der Waals surface area contributed by atoms with Crippen LogP contribution in [0.5, 0.6) is 0 Å². The van der Waals surface area contributed by atoms with Crippen LogP contribution in [0.1, 0.15) is 13.8 Å². The maximum absolute atomic E-state index is 13.3. The van der Waals surface area contributed by atoms with Gasteiger partial charge in [-0.1, -0.05) is 13.8 Å². The lowest BCUT2D eigenvalue weighted by molar-refractivity contribution is 0.412. The fourth-order valence-corrected chi connectivity index (χ4v) is 1.47. The first kappa shape index (κ1) is 12.9. The number of benzene rings is 1. The molecule has 0 saturated heterocycles. The Kier molecular flexibility index (Phi) is 4.68. The number of hydrogen-bond donors (Lipinski definition) is 2. The third-order valence-corrected chi connectivity index (χ3v) is 2.73. The molecule has 0 spiro atoms. The van der Waals surface area contributed by atoms with Gasteiger partial charge in [-0.3, -0.25) is 0 Å². The van der Waals surface area contributed by atoms with Crippen LogP contribution in [0.25, 0.3) is 0 Å². The van der Waals surface area contributed by atoms with Crippen LogP contribution in [0.3, 0.4) is 0 Å². The van der Waals surface area contributed by atoms with E-state index in [9.17, 15) is 8.78 Å². The van der Waals surface area contributed by atoms with E-state index in [-0.39, 0.29) is 11.6 Å². The molecule has 0 amide bonds. The Morgan fingerprint density at radius 2 is 2.00 bits per heavy atom. The second-order valence-corrected chi connectivity index (χ2v) is 4.24. The van der Waals surface area contributed by atoms with E-state index in [2.05, 4.69) is 19.2 Å². The number of rotatable bonds is 5. The summed E-state index contributed by atoms with van der Waals surface area (Å²) in [6.07, 6.45) is 0. The Labute approximate surface area is 94.8 Å². The Balaban J connectivity index is 2.63. The zero-order chi connectivity index (χ0) is 12.1. The molecule has 1 unspecified atom stereocenters. The topological polar surface area (TPSA) is 38.0 Å². The van der Waals surface area contributed by atoms with Gasteiger partial charge in [0.25, 0.3) is 0 Å². The molecule has 0 aliphatic rings. The Morgan fingerprint density at radius 3 is 2.56 bits per heavy atom. The van der Waals surface area contributed by atoms with Crippen molar-refractivity contribution in [2.24, 2.45) is 17.6 Å². The summed E-state index contributed by atoms with van der Waals surface area (Å²) in [5.74, 6) is -0.226. The number of hydrogen-bond acceptors (Lipinski definition) is 2. The predicted octanol–water partition coefficient (Wildman–Crippen LogP) is 2.61. The minimum Gasteiger partial charge on any atom is -0.382 e. The predicted molar refractivity (Wildman–Crippen MR) is 62.2 cm³/mol. The van der Waals surface area contributed by atoms with Crippen LogP contribution in [0.2, 0.25) is 0 Å². The summed E-state index contributed by atoms with van der Waals surface area (Å²) in [5, 5.41) is 2.89. The van der Waals surface area contributed by atoms with Gasteiger partial charge >= 0.3 is 0 Å². The van der Waals surface area contributed by atoms with Crippen LogP contribution in [-0.4, -0.2) is 13.1 Å². The smallest absolute Gasteiger partial charge is 0.146 e. The summed E-state index contributed by atoms with van der Waals surface area (Å²) in [6.45, 7) is 5.19. The molecule has 0 radical (unpaired) electrons. The van der Waals surface area contributed by atoms with Crippen molar-refractivity contribution in [1.82, 2.24) is 0 Å². The Morgan fingerprint density at radius 1 is 1.31 bits per heavy atom. The average molecular weight is 228 g/mol. The third kappa shape index (κ3) is 3.45. The summed E-state index contributed by atoms with van der Waals surface area (Å²) < 4.78 is 26.1. The Hall–Kier alpha value is -1.16. The quantitative estimate of drug-likeness (QED) is 0.813. The largest absolute Gasteiger partial charge is 0.382 e. The van der Waals surface area contributed by atoms with Gasteiger partial charge in [-0.25, -0.2) is 8.78 Å². The molecule has 0 fully saturated rings. The highest BCUT2D eigenvalue weighted by Crippen LogP contribution is 2.17. The first-order chi connectivity index (χ1) is 7.54. The second kappa shape index (κ2) is 5.80. The normalized spacial score (nSPS) is 12.9. The first-order valence-electron chi connectivity index (χ1n) is 5.43. The maximum Gasteiger partial charge on any atom is 0.146 e. The Bertz CT molecular complexity index is 340. The SMILES string of the molecule is CC(C)C(CN)CNc1cc(F)ccc1F. The van der Waals surface area contributed by atoms with E-state index in [1.165, 1.54) is 0 Å². The molecule has 0 heterocycles. The monoisotopic (exact) mass is 228 g/mol. The highest BCUT2D eigenvalue weighted by Gasteiger charge is 2.12. The molecule has 0 bridgehead atoms. The molecule has 3 N–H and O–H groups in total. The van der Waals surface area contributed by atoms with Crippen molar-refractivity contribution in [3.8, 4) is 0 Å². The zero-order valence-electron chi connectivity index (χ0n) is 9.63. The zero-order valence-corrected chi connectivity index (χ0v) is 9.63. The fourth-order valence-electron chi connectivity index (χ4n) is 1.47. The van der Waals surface area contributed by atoms with Crippen LogP contribution >= 0.6 is 0 Å². The minimum absolute atomic E-state index is 0.194. The van der Waals surface area contributed by atoms with E-state index in [4.69, 9.17) is 5.73 Å². The summed E-state index contributed by atoms with van der Waals surface area (Å²) >= 11 is 0. The summed E-state index contributed by atoms with van der Waals surface area (Å²) in [7, 11) is 0. The van der Waals surface area contributed by atoms with E-state index >= 15 is 0 Å².